The van der Waals surface area contributed by atoms with E-state index >= 15 is 0 Å². The summed E-state index contributed by atoms with van der Waals surface area (Å²) in [5.74, 6) is -0.0969. The number of rotatable bonds is 25. The van der Waals surface area contributed by atoms with Crippen LogP contribution in [0.25, 0.3) is 5.69 Å². The van der Waals surface area contributed by atoms with Crippen molar-refractivity contribution in [2.45, 2.75) is 88.6 Å². The quantitative estimate of drug-likeness (QED) is 0.0315. The fraction of sp³-hybridized carbons (Fsp3) is 0.341. The zero-order valence-corrected chi connectivity index (χ0v) is 76.6. The van der Waals surface area contributed by atoms with E-state index in [4.69, 9.17) is 67.6 Å². The Kier molecular flexibility index (Phi) is 34.4. The Labute approximate surface area is 755 Å². The van der Waals surface area contributed by atoms with Crippen LogP contribution >= 0.6 is 71.4 Å². The Morgan fingerprint density at radius 1 is 0.472 bits per heavy atom. The predicted octanol–water partition coefficient (Wildman–Crippen LogP) is 13.2. The van der Waals surface area contributed by atoms with E-state index in [-0.39, 0.29) is 93.1 Å². The molecule has 6 aliphatic rings. The number of esters is 4. The van der Waals surface area contributed by atoms with Crippen molar-refractivity contribution in [2.75, 3.05) is 108 Å². The monoisotopic (exact) mass is 1970 g/mol. The maximum absolute atomic E-state index is 14.8. The van der Waals surface area contributed by atoms with Gasteiger partial charge in [-0.1, -0.05) is 94.1 Å². The molecule has 5 aromatic heterocycles. The number of pyridine rings is 4. The molecule has 4 atom stereocenters. The van der Waals surface area contributed by atoms with E-state index in [1.165, 1.54) is 35.5 Å². The van der Waals surface area contributed by atoms with Gasteiger partial charge in [-0.3, -0.25) is 78.2 Å². The van der Waals surface area contributed by atoms with Gasteiger partial charge in [0.1, 0.15) is 31.3 Å². The summed E-state index contributed by atoms with van der Waals surface area (Å²) in [7, 11) is 4.90. The van der Waals surface area contributed by atoms with Gasteiger partial charge in [0, 0.05) is 137 Å². The number of fused-ring (bicyclic) bond motifs is 6. The zero-order valence-electron chi connectivity index (χ0n) is 69.3. The second kappa shape index (κ2) is 46.0. The van der Waals surface area contributed by atoms with Crippen molar-refractivity contribution in [3.05, 3.63) is 251 Å². The molecule has 6 aliphatic heterocycles. The molecular weight excluding hydrogens is 1890 g/mol. The van der Waals surface area contributed by atoms with Gasteiger partial charge >= 0.3 is 31.5 Å². The molecular formula is C88H91Br4N16O16P. The summed E-state index contributed by atoms with van der Waals surface area (Å²) in [4.78, 5) is 119. The highest BCUT2D eigenvalue weighted by atomic mass is 79.9. The third-order valence-corrected chi connectivity index (χ3v) is 24.9. The Bertz CT molecular complexity index is 5550. The molecule has 32 nitrogen and oxygen atoms in total. The number of benzene rings is 4. The van der Waals surface area contributed by atoms with Crippen LogP contribution in [-0.2, 0) is 88.8 Å². The lowest BCUT2D eigenvalue weighted by Crippen LogP contribution is -2.44. The van der Waals surface area contributed by atoms with Crippen molar-refractivity contribution >= 4 is 153 Å². The molecule has 15 rings (SSSR count). The molecule has 11 heterocycles. The van der Waals surface area contributed by atoms with Crippen LogP contribution in [-0.4, -0.2) is 241 Å². The van der Waals surface area contributed by atoms with Gasteiger partial charge in [0.2, 0.25) is 11.8 Å². The van der Waals surface area contributed by atoms with Crippen LogP contribution in [0.3, 0.4) is 0 Å². The van der Waals surface area contributed by atoms with Crippen LogP contribution < -0.4 is 5.32 Å². The topological polar surface area (TPSA) is 378 Å². The van der Waals surface area contributed by atoms with E-state index in [0.29, 0.717) is 141 Å². The first-order valence-corrected chi connectivity index (χ1v) is 44.7. The number of Topliss-reactive ketones (excluding diaryl/α,β-unsaturated/α-hetero) is 1. The van der Waals surface area contributed by atoms with Gasteiger partial charge in [-0.2, -0.15) is 0 Å². The second-order valence-corrected chi connectivity index (χ2v) is 34.4. The first-order valence-electron chi connectivity index (χ1n) is 40.0. The number of aliphatic imine (C=N–C) groups is 6. The van der Waals surface area contributed by atoms with Crippen LogP contribution in [0.1, 0.15) is 120 Å². The molecule has 0 spiro atoms. The molecule has 2 saturated heterocycles. The number of amides is 1. The number of morpholine rings is 2. The molecule has 2 fully saturated rings. The van der Waals surface area contributed by atoms with Crippen molar-refractivity contribution in [1.29, 1.82) is 0 Å². The summed E-state index contributed by atoms with van der Waals surface area (Å²) in [6.07, 6.45) is 9.16. The zero-order chi connectivity index (χ0) is 88.4. The van der Waals surface area contributed by atoms with Crippen molar-refractivity contribution in [3.63, 3.8) is 0 Å². The number of ether oxygens (including phenoxy) is 8. The lowest BCUT2D eigenvalue weighted by molar-refractivity contribution is -0.141. The molecule has 1 N–H and O–H groups in total. The van der Waals surface area contributed by atoms with Gasteiger partial charge in [-0.15, -0.1) is 10.2 Å². The fourth-order valence-electron chi connectivity index (χ4n) is 14.1. The molecule has 0 saturated carbocycles. The van der Waals surface area contributed by atoms with E-state index in [9.17, 15) is 33.3 Å². The van der Waals surface area contributed by atoms with Crippen molar-refractivity contribution < 1.29 is 75.8 Å². The molecule has 0 unspecified atom stereocenters. The fourth-order valence-corrected chi connectivity index (χ4v) is 17.8. The number of methoxy groups -OCH3 is 6. The molecule has 125 heavy (non-hydrogen) atoms. The lowest BCUT2D eigenvalue weighted by Gasteiger charge is -2.41. The SMILES string of the molecule is COC(=O)CC[C@@H]1N=C(c2ccccn2)c2cc(Br)ccc2CC1=O.COC(=O)CC[C@@H]1N=C(c2ccccn2)c2cc(Br)ccc2N=C1OP(=O)(N1CCOCC1)N1CCOCC1.COCC(=O)NCC1=Nc2ccc(Br)cc2C(c2ccccn2)=N[C@H]1CCC(=O)OC.COCc1nnc2n1-c1ccc(Br)cc1C(c1ccccn1)=N[C@H]2CCC(=O)OC. The van der Waals surface area contributed by atoms with E-state index in [1.807, 2.05) is 160 Å². The summed E-state index contributed by atoms with van der Waals surface area (Å²) < 4.78 is 71.1. The van der Waals surface area contributed by atoms with Gasteiger partial charge in [-0.05, 0) is 147 Å². The summed E-state index contributed by atoms with van der Waals surface area (Å²) >= 11 is 14.1. The van der Waals surface area contributed by atoms with Crippen LogP contribution in [0.4, 0.5) is 11.4 Å². The Morgan fingerprint density at radius 2 is 0.888 bits per heavy atom. The smallest absolute Gasteiger partial charge is 0.397 e. The molecule has 1 amide bonds. The molecule has 652 valence electrons. The Hall–Kier alpha value is -10.6. The largest absolute Gasteiger partial charge is 0.469 e. The average Bonchev–Trinajstić information content (AvgIpc) is 1.64. The molecule has 0 radical (unpaired) electrons. The first kappa shape index (κ1) is 93.5. The highest BCUT2D eigenvalue weighted by molar-refractivity contribution is 9.11. The maximum Gasteiger partial charge on any atom is 0.397 e. The van der Waals surface area contributed by atoms with Crippen LogP contribution in [0.15, 0.2) is 218 Å². The number of carbonyl (C=O) groups excluding carboxylic acids is 6. The minimum Gasteiger partial charge on any atom is -0.469 e. The summed E-state index contributed by atoms with van der Waals surface area (Å²) in [5, 5.41) is 11.5. The van der Waals surface area contributed by atoms with Gasteiger partial charge in [0.05, 0.1) is 136 Å². The lowest BCUT2D eigenvalue weighted by atomic mass is 9.97. The van der Waals surface area contributed by atoms with E-state index in [0.717, 1.165) is 62.8 Å². The number of hydrogen-bond acceptors (Lipinski definition) is 28. The van der Waals surface area contributed by atoms with Crippen molar-refractivity contribution in [3.8, 4) is 5.69 Å². The van der Waals surface area contributed by atoms with Gasteiger partial charge in [0.15, 0.2) is 17.4 Å². The van der Waals surface area contributed by atoms with Gasteiger partial charge in [0.25, 0.3) is 0 Å². The number of nitrogens with one attached hydrogen (secondary N) is 1. The van der Waals surface area contributed by atoms with Crippen molar-refractivity contribution in [1.82, 2.24) is 49.4 Å². The maximum atomic E-state index is 14.8. The number of carbonyl (C=O) groups is 6. The number of nitrogens with zero attached hydrogens (tertiary/aromatic N) is 15. The predicted molar refractivity (Wildman–Crippen MR) is 482 cm³/mol. The van der Waals surface area contributed by atoms with Crippen LogP contribution in [0.2, 0.25) is 0 Å². The Balaban J connectivity index is 0.000000154. The van der Waals surface area contributed by atoms with Crippen molar-refractivity contribution in [2.24, 2.45) is 30.0 Å². The van der Waals surface area contributed by atoms with E-state index in [1.54, 1.807) is 31.9 Å². The van der Waals surface area contributed by atoms with E-state index in [2.05, 4.69) is 104 Å². The molecule has 0 bridgehead atoms. The number of halogens is 4. The molecule has 9 aromatic rings. The molecule has 4 aromatic carbocycles. The second-order valence-electron chi connectivity index (χ2n) is 28.4. The highest BCUT2D eigenvalue weighted by Crippen LogP contribution is 2.56. The Morgan fingerprint density at radius 3 is 1.37 bits per heavy atom. The van der Waals surface area contributed by atoms with Crippen LogP contribution in [0.5, 0.6) is 0 Å². The third kappa shape index (κ3) is 24.7. The first-order chi connectivity index (χ1) is 60.7. The summed E-state index contributed by atoms with van der Waals surface area (Å²) in [6, 6.07) is 43.5. The molecule has 0 aliphatic carbocycles. The summed E-state index contributed by atoms with van der Waals surface area (Å²) in [6.45, 7) is 4.08. The van der Waals surface area contributed by atoms with E-state index < -0.39 is 31.8 Å². The van der Waals surface area contributed by atoms with Crippen LogP contribution in [0, 0.1) is 0 Å². The summed E-state index contributed by atoms with van der Waals surface area (Å²) in [5.41, 5.74) is 12.6. The third-order valence-electron chi connectivity index (χ3n) is 20.2. The van der Waals surface area contributed by atoms with Gasteiger partial charge in [-0.25, -0.2) is 18.9 Å². The van der Waals surface area contributed by atoms with Gasteiger partial charge < -0.3 is 47.7 Å². The standard InChI is InChI=1S/C26H31BrN5O6P.C22H23BrN4O4.C21H20BrN5O3.C19H17BrN2O3/c1-35-24(33)8-7-23-26(38-39(34,31-10-14-36-15-11-31)32-12-16-37-17-13-32)30-21-6-5-19(27)18-20(21)25(29-23)22-4-2-3-9-28-22;1-30-13-20(28)25-12-19-17(8-9-21(29)31-2)27-22(18-5-3-4-10-24-18)15-11-14(23)6-7-16(15)26-19;1-29-12-18-25-26-21-16(7-9-19(28)30-2)24-20(15-5-3-4-10-23-15)14-11-13(22)6-8-17(14)27(18)21;1-25-18(24)8-7-15-17(23)10-12-5-6-13(20)11-14(12)19(22-15)16-4-2-3-9-21-16/h2-6,9,18,23H,7-8,10-17H2,1H3;3-7,10-11,17H,8-9,12-13H2,1-2H3,(H,25,28);3-6,8,10-11,16H,7,9,12H2,1-2H3;2-6,9,11,15H,7-8,10H2,1H3/t23-;17-;16-;15-/m0000/s1. The minimum absolute atomic E-state index is 0.00148. The minimum atomic E-state index is -3.60. The number of hydrogen-bond donors (Lipinski definition) is 1. The molecule has 37 heteroatoms. The normalized spacial score (nSPS) is 17.2. The number of ketones is 1. The number of aromatic nitrogens is 7. The highest BCUT2D eigenvalue weighted by Gasteiger charge is 2.45. The average molecular weight is 1980 g/mol.